The van der Waals surface area contributed by atoms with Crippen molar-refractivity contribution in [2.75, 3.05) is 44.3 Å². The van der Waals surface area contributed by atoms with Gasteiger partial charge in [0.05, 0.1) is 11.5 Å². The highest BCUT2D eigenvalue weighted by molar-refractivity contribution is 7.91. The Hall–Kier alpha value is -2.54. The van der Waals surface area contributed by atoms with Crippen LogP contribution in [0.1, 0.15) is 129 Å². The van der Waals surface area contributed by atoms with E-state index >= 15 is 0 Å². The predicted octanol–water partition coefficient (Wildman–Crippen LogP) is 8.67. The number of aromatic carboxylic acids is 1. The number of allylic oxidation sites excluding steroid dienone is 5. The third-order valence-corrected chi connectivity index (χ3v) is 20.9. The Bertz CT molecular complexity index is 2030. The highest BCUT2D eigenvalue weighted by Crippen LogP contribution is 2.76. The Morgan fingerprint density at radius 1 is 0.949 bits per heavy atom. The maximum absolute atomic E-state index is 12.7. The number of ether oxygens (including phenoxy) is 1. The van der Waals surface area contributed by atoms with E-state index < -0.39 is 27.2 Å². The summed E-state index contributed by atoms with van der Waals surface area (Å²) in [5.41, 5.74) is 3.56. The van der Waals surface area contributed by atoms with E-state index in [2.05, 4.69) is 75.5 Å². The summed E-state index contributed by atoms with van der Waals surface area (Å²) in [5, 5.41) is 25.5. The molecule has 10 nitrogen and oxygen atoms in total. The van der Waals surface area contributed by atoms with Crippen molar-refractivity contribution < 1.29 is 33.0 Å². The third-order valence-electron chi connectivity index (χ3n) is 18.6. The zero-order valence-corrected chi connectivity index (χ0v) is 38.0. The number of carboxylic acid groups (broad SMARTS) is 2. The number of nitrogens with one attached hydrogen (secondary N) is 1. The average molecular weight is 852 g/mol. The lowest BCUT2D eigenvalue weighted by Crippen LogP contribution is -2.68. The van der Waals surface area contributed by atoms with Gasteiger partial charge in [0.1, 0.15) is 12.0 Å². The van der Waals surface area contributed by atoms with Gasteiger partial charge in [-0.2, -0.15) is 4.98 Å². The second-order valence-corrected chi connectivity index (χ2v) is 24.5. The molecule has 1 aromatic heterocycles. The summed E-state index contributed by atoms with van der Waals surface area (Å²) in [4.78, 5) is 30.4. The molecule has 5 fully saturated rings. The average Bonchev–Trinajstić information content (AvgIpc) is 3.81. The van der Waals surface area contributed by atoms with Crippen LogP contribution in [0.25, 0.3) is 0 Å². The van der Waals surface area contributed by atoms with Crippen molar-refractivity contribution in [1.29, 1.82) is 0 Å². The Morgan fingerprint density at radius 2 is 1.69 bits per heavy atom. The molecule has 1 aliphatic heterocycles. The van der Waals surface area contributed by atoms with Crippen LogP contribution in [0, 0.1) is 56.7 Å². The highest BCUT2D eigenvalue weighted by Gasteiger charge is 2.70. The predicted molar refractivity (Wildman–Crippen MR) is 232 cm³/mol. The number of aliphatic carboxylic acids is 1. The van der Waals surface area contributed by atoms with Crippen molar-refractivity contribution in [2.45, 2.75) is 124 Å². The molecule has 1 saturated heterocycles. The van der Waals surface area contributed by atoms with E-state index in [1.54, 1.807) is 0 Å². The first-order valence-corrected chi connectivity index (χ1v) is 25.2. The number of sulfone groups is 1. The van der Waals surface area contributed by atoms with E-state index in [0.29, 0.717) is 61.9 Å². The van der Waals surface area contributed by atoms with Crippen LogP contribution < -0.4 is 10.1 Å². The molecule has 1 aromatic rings. The molecular formula is C47H69N3O7S2. The zero-order valence-electron chi connectivity index (χ0n) is 36.4. The van der Waals surface area contributed by atoms with E-state index in [0.717, 1.165) is 30.8 Å². The number of fused-ring (bicyclic) bond motifs is 7. The molecule has 7 aliphatic rings. The van der Waals surface area contributed by atoms with Gasteiger partial charge in [-0.3, -0.25) is 4.79 Å². The molecule has 12 heteroatoms. The van der Waals surface area contributed by atoms with Crippen LogP contribution in [0.3, 0.4) is 0 Å². The van der Waals surface area contributed by atoms with Crippen LogP contribution in [0.15, 0.2) is 40.8 Å². The largest absolute Gasteiger partial charge is 0.481 e. The first-order chi connectivity index (χ1) is 27.7. The molecule has 6 aliphatic carbocycles. The van der Waals surface area contributed by atoms with Crippen LogP contribution in [0.2, 0.25) is 0 Å². The summed E-state index contributed by atoms with van der Waals surface area (Å²) in [5.74, 6) is 1.44. The lowest BCUT2D eigenvalue weighted by molar-refractivity contribution is -0.221. The number of hydrogen-bond donors (Lipinski definition) is 3. The van der Waals surface area contributed by atoms with Gasteiger partial charge in [0.25, 0.3) is 5.19 Å². The molecule has 8 rings (SSSR count). The molecule has 0 aromatic carbocycles. The Balaban J connectivity index is 1.000. The minimum atomic E-state index is -2.89. The van der Waals surface area contributed by atoms with E-state index in [1.165, 1.54) is 73.5 Å². The van der Waals surface area contributed by atoms with Crippen molar-refractivity contribution in [3.05, 3.63) is 46.5 Å². The van der Waals surface area contributed by atoms with E-state index in [1.807, 2.05) is 0 Å². The van der Waals surface area contributed by atoms with Gasteiger partial charge in [0.15, 0.2) is 15.5 Å². The van der Waals surface area contributed by atoms with E-state index in [9.17, 15) is 28.2 Å². The molecule has 2 unspecified atom stereocenters. The van der Waals surface area contributed by atoms with Crippen molar-refractivity contribution in [3.8, 4) is 5.19 Å². The minimum Gasteiger partial charge on any atom is -0.481 e. The van der Waals surface area contributed by atoms with Gasteiger partial charge in [0.2, 0.25) is 0 Å². The number of carbonyl (C=O) groups is 2. The number of rotatable bonds is 11. The Kier molecular flexibility index (Phi) is 11.0. The maximum Gasteiger partial charge on any atom is 0.355 e. The Morgan fingerprint density at radius 3 is 2.34 bits per heavy atom. The monoisotopic (exact) mass is 851 g/mol. The molecule has 2 heterocycles. The fourth-order valence-electron chi connectivity index (χ4n) is 15.2. The molecule has 4 saturated carbocycles. The molecule has 326 valence electrons. The standard InChI is InChI=1S/C47H69N3O7S2/c1-30(2)32-12-19-47(48-22-23-50-24-26-59(55,56)27-25-50)21-20-44(6)34(38(32)47)8-9-37-43(5)15-13-33(42(3,4)36(43)14-16-45(37,44)7)31-10-17-46(18-11-31,40(53)54)29-57-41-49-35(28-58-41)39(51)52/h10,13,28,32,34,36-38,48H,1,8-9,11-12,14-27,29H2,2-7H3,(H,51,52)(H,53,54)/t32-,34+,36-,37+,38+,43-,44+,45?,46?,47-/m0/s1. The third kappa shape index (κ3) is 7.00. The molecule has 10 atom stereocenters. The van der Waals surface area contributed by atoms with Gasteiger partial charge in [0, 0.05) is 37.1 Å². The summed E-state index contributed by atoms with van der Waals surface area (Å²) in [6.45, 7) is 22.9. The van der Waals surface area contributed by atoms with Gasteiger partial charge in [-0.05, 0) is 146 Å². The zero-order chi connectivity index (χ0) is 42.4. The van der Waals surface area contributed by atoms with Gasteiger partial charge in [-0.1, -0.05) is 70.3 Å². The molecule has 0 spiro atoms. The van der Waals surface area contributed by atoms with Gasteiger partial charge < -0.3 is 25.2 Å². The van der Waals surface area contributed by atoms with Crippen molar-refractivity contribution in [1.82, 2.24) is 15.2 Å². The quantitative estimate of drug-likeness (QED) is 0.185. The number of carboxylic acids is 2. The molecule has 3 N–H and O–H groups in total. The number of thiazole rings is 1. The minimum absolute atomic E-state index is 0.0418. The summed E-state index contributed by atoms with van der Waals surface area (Å²) in [6, 6.07) is 0. The SMILES string of the molecule is C=C(C)[C@@H]1CC[C@]2(NCCN3CCS(=O)(=O)CC3)CC[C@]3(C)[C@H](CC[C@H]4C3(C)CC[C@H]3C(C)(C)C(C5=CCC(COc6nc(C(=O)O)cs6)(C(=O)O)CC5)=CC[C@@]34C)[C@@H]12. The second-order valence-electron chi connectivity index (χ2n) is 21.4. The van der Waals surface area contributed by atoms with Crippen molar-refractivity contribution in [3.63, 3.8) is 0 Å². The smallest absolute Gasteiger partial charge is 0.355 e. The van der Waals surface area contributed by atoms with Gasteiger partial charge in [-0.15, -0.1) is 0 Å². The van der Waals surface area contributed by atoms with E-state index in [-0.39, 0.29) is 56.2 Å². The first-order valence-electron chi connectivity index (χ1n) is 22.5. The number of aromatic nitrogens is 1. The van der Waals surface area contributed by atoms with Crippen LogP contribution >= 0.6 is 11.3 Å². The van der Waals surface area contributed by atoms with Crippen LogP contribution in [-0.2, 0) is 14.6 Å². The van der Waals surface area contributed by atoms with Gasteiger partial charge >= 0.3 is 11.9 Å². The van der Waals surface area contributed by atoms with Crippen LogP contribution in [0.5, 0.6) is 5.19 Å². The lowest BCUT2D eigenvalue weighted by atomic mass is 9.33. The first kappa shape index (κ1) is 43.1. The molecule has 0 radical (unpaired) electrons. The van der Waals surface area contributed by atoms with Gasteiger partial charge in [-0.25, -0.2) is 13.2 Å². The fourth-order valence-corrected chi connectivity index (χ4v) is 17.1. The second kappa shape index (κ2) is 15.1. The maximum atomic E-state index is 12.7. The topological polar surface area (TPSA) is 146 Å². The van der Waals surface area contributed by atoms with E-state index in [4.69, 9.17) is 4.74 Å². The highest BCUT2D eigenvalue weighted by atomic mass is 32.2. The fraction of sp³-hybridized carbons (Fsp3) is 0.766. The van der Waals surface area contributed by atoms with Crippen molar-refractivity contribution >= 4 is 33.1 Å². The van der Waals surface area contributed by atoms with Crippen molar-refractivity contribution in [2.24, 2.45) is 56.7 Å². The summed E-state index contributed by atoms with van der Waals surface area (Å²) < 4.78 is 30.0. The molecule has 0 amide bonds. The normalized spacial score (nSPS) is 41.3. The summed E-state index contributed by atoms with van der Waals surface area (Å²) in [6.07, 6.45) is 17.1. The summed E-state index contributed by atoms with van der Waals surface area (Å²) >= 11 is 1.08. The lowest BCUT2D eigenvalue weighted by Gasteiger charge is -2.72. The molecule has 0 bridgehead atoms. The summed E-state index contributed by atoms with van der Waals surface area (Å²) in [7, 11) is -2.89. The number of nitrogens with zero attached hydrogens (tertiary/aromatic N) is 2. The Labute approximate surface area is 356 Å². The number of hydrogen-bond acceptors (Lipinski definition) is 9. The van der Waals surface area contributed by atoms with Crippen LogP contribution in [-0.4, -0.2) is 90.3 Å². The van der Waals surface area contributed by atoms with Crippen LogP contribution in [0.4, 0.5) is 0 Å². The molecular weight excluding hydrogens is 783 g/mol. The molecule has 59 heavy (non-hydrogen) atoms.